The largest absolute Gasteiger partial charge is 0.298 e. The molecule has 3 rings (SSSR count). The van der Waals surface area contributed by atoms with Gasteiger partial charge in [0.05, 0.1) is 0 Å². The summed E-state index contributed by atoms with van der Waals surface area (Å²) in [4.78, 5) is 15.1. The molecule has 5 heteroatoms. The van der Waals surface area contributed by atoms with Crippen molar-refractivity contribution in [3.63, 3.8) is 0 Å². The van der Waals surface area contributed by atoms with Gasteiger partial charge in [-0.15, -0.1) is 0 Å². The van der Waals surface area contributed by atoms with Crippen LogP contribution in [0.25, 0.3) is 5.65 Å². The summed E-state index contributed by atoms with van der Waals surface area (Å²) in [5.41, 5.74) is 1.45. The molecule has 0 spiro atoms. The molecule has 0 bridgehead atoms. The predicted octanol–water partition coefficient (Wildman–Crippen LogP) is 1.76. The van der Waals surface area contributed by atoms with Gasteiger partial charge in [-0.1, -0.05) is 0 Å². The lowest BCUT2D eigenvalue weighted by Crippen LogP contribution is -1.99. The van der Waals surface area contributed by atoms with Gasteiger partial charge < -0.3 is 0 Å². The number of pyridine rings is 1. The second-order valence-corrected chi connectivity index (χ2v) is 5.06. The van der Waals surface area contributed by atoms with E-state index < -0.39 is 0 Å². The van der Waals surface area contributed by atoms with Crippen molar-refractivity contribution in [3.8, 4) is 0 Å². The van der Waals surface area contributed by atoms with E-state index in [4.69, 9.17) is 0 Å². The van der Waals surface area contributed by atoms with E-state index in [0.29, 0.717) is 11.5 Å². The SMILES string of the molecule is O=Cc1ccc2nc(C3CCSC3)nn2c1. The highest BCUT2D eigenvalue weighted by Crippen LogP contribution is 2.30. The first kappa shape index (κ1) is 9.84. The molecule has 1 fully saturated rings. The molecule has 0 amide bonds. The molecule has 1 aliphatic rings. The van der Waals surface area contributed by atoms with E-state index >= 15 is 0 Å². The summed E-state index contributed by atoms with van der Waals surface area (Å²) in [5, 5.41) is 4.44. The summed E-state index contributed by atoms with van der Waals surface area (Å²) in [5.74, 6) is 3.69. The maximum absolute atomic E-state index is 10.6. The monoisotopic (exact) mass is 233 g/mol. The van der Waals surface area contributed by atoms with Crippen LogP contribution >= 0.6 is 11.8 Å². The lowest BCUT2D eigenvalue weighted by Gasteiger charge is -1.99. The van der Waals surface area contributed by atoms with Crippen molar-refractivity contribution in [2.24, 2.45) is 0 Å². The van der Waals surface area contributed by atoms with Crippen LogP contribution in [0, 0.1) is 0 Å². The summed E-state index contributed by atoms with van der Waals surface area (Å²) < 4.78 is 1.70. The second kappa shape index (κ2) is 3.90. The molecule has 0 saturated carbocycles. The van der Waals surface area contributed by atoms with Crippen molar-refractivity contribution in [1.29, 1.82) is 0 Å². The van der Waals surface area contributed by atoms with Gasteiger partial charge in [-0.05, 0) is 24.3 Å². The lowest BCUT2D eigenvalue weighted by molar-refractivity contribution is 0.112. The minimum absolute atomic E-state index is 0.476. The van der Waals surface area contributed by atoms with Gasteiger partial charge in [-0.3, -0.25) is 4.79 Å². The summed E-state index contributed by atoms with van der Waals surface area (Å²) in [7, 11) is 0. The molecule has 0 N–H and O–H groups in total. The Bertz CT molecular complexity index is 531. The van der Waals surface area contributed by atoms with E-state index in [2.05, 4.69) is 10.1 Å². The Morgan fingerprint density at radius 2 is 2.44 bits per heavy atom. The zero-order valence-electron chi connectivity index (χ0n) is 8.67. The molecule has 82 valence electrons. The topological polar surface area (TPSA) is 47.3 Å². The van der Waals surface area contributed by atoms with Crippen molar-refractivity contribution in [2.75, 3.05) is 11.5 Å². The summed E-state index contributed by atoms with van der Waals surface area (Å²) in [6.07, 6.45) is 3.70. The van der Waals surface area contributed by atoms with Crippen molar-refractivity contribution in [3.05, 3.63) is 29.7 Å². The van der Waals surface area contributed by atoms with Crippen molar-refractivity contribution in [1.82, 2.24) is 14.6 Å². The number of fused-ring (bicyclic) bond motifs is 1. The fourth-order valence-electron chi connectivity index (χ4n) is 1.90. The Kier molecular flexibility index (Phi) is 2.40. The second-order valence-electron chi connectivity index (χ2n) is 3.91. The normalized spacial score (nSPS) is 20.4. The first-order valence-corrected chi connectivity index (χ1v) is 6.41. The van der Waals surface area contributed by atoms with Crippen LogP contribution in [0.2, 0.25) is 0 Å². The standard InChI is InChI=1S/C11H11N3OS/c15-6-8-1-2-10-12-11(13-14(10)5-8)9-3-4-16-7-9/h1-2,5-6,9H,3-4,7H2. The maximum atomic E-state index is 10.6. The molecule has 0 aliphatic carbocycles. The molecule has 1 atom stereocenters. The fraction of sp³-hybridized carbons (Fsp3) is 0.364. The van der Waals surface area contributed by atoms with Gasteiger partial charge >= 0.3 is 0 Å². The molecule has 2 aromatic rings. The molecule has 1 aliphatic heterocycles. The molecule has 0 aromatic carbocycles. The smallest absolute Gasteiger partial charge is 0.155 e. The summed E-state index contributed by atoms with van der Waals surface area (Å²) in [6.45, 7) is 0. The van der Waals surface area contributed by atoms with E-state index in [0.717, 1.165) is 29.9 Å². The number of rotatable bonds is 2. The van der Waals surface area contributed by atoms with Crippen molar-refractivity contribution < 1.29 is 4.79 Å². The van der Waals surface area contributed by atoms with Crippen LogP contribution in [-0.2, 0) is 0 Å². The molecule has 1 unspecified atom stereocenters. The van der Waals surface area contributed by atoms with Crippen LogP contribution in [0.3, 0.4) is 0 Å². The van der Waals surface area contributed by atoms with E-state index in [1.54, 1.807) is 16.8 Å². The first-order valence-electron chi connectivity index (χ1n) is 5.26. The Balaban J connectivity index is 2.04. The number of aromatic nitrogens is 3. The molecule has 3 heterocycles. The maximum Gasteiger partial charge on any atom is 0.155 e. The Labute approximate surface area is 97.1 Å². The highest BCUT2D eigenvalue weighted by atomic mass is 32.2. The minimum atomic E-state index is 0.476. The zero-order chi connectivity index (χ0) is 11.0. The van der Waals surface area contributed by atoms with Gasteiger partial charge in [0, 0.05) is 23.4 Å². The highest BCUT2D eigenvalue weighted by molar-refractivity contribution is 7.99. The van der Waals surface area contributed by atoms with Gasteiger partial charge in [0.2, 0.25) is 0 Å². The number of nitrogens with zero attached hydrogens (tertiary/aromatic N) is 3. The van der Waals surface area contributed by atoms with E-state index in [9.17, 15) is 4.79 Å². The van der Waals surface area contributed by atoms with Crippen LogP contribution < -0.4 is 0 Å². The summed E-state index contributed by atoms with van der Waals surface area (Å²) in [6, 6.07) is 3.60. The van der Waals surface area contributed by atoms with Crippen LogP contribution in [0.4, 0.5) is 0 Å². The van der Waals surface area contributed by atoms with Crippen LogP contribution in [0.5, 0.6) is 0 Å². The van der Waals surface area contributed by atoms with E-state index in [1.165, 1.54) is 5.75 Å². The molecule has 0 radical (unpaired) electrons. The van der Waals surface area contributed by atoms with Crippen LogP contribution in [-0.4, -0.2) is 32.4 Å². The minimum Gasteiger partial charge on any atom is -0.298 e. The number of aldehydes is 1. The molecule has 4 nitrogen and oxygen atoms in total. The van der Waals surface area contributed by atoms with Gasteiger partial charge in [0.25, 0.3) is 0 Å². The highest BCUT2D eigenvalue weighted by Gasteiger charge is 2.21. The molecule has 16 heavy (non-hydrogen) atoms. The number of hydrogen-bond acceptors (Lipinski definition) is 4. The quantitative estimate of drug-likeness (QED) is 0.742. The number of carbonyl (C=O) groups excluding carboxylic acids is 1. The van der Waals surface area contributed by atoms with Crippen LogP contribution in [0.1, 0.15) is 28.5 Å². The number of carbonyl (C=O) groups is 1. The Hall–Kier alpha value is -1.36. The van der Waals surface area contributed by atoms with Gasteiger partial charge in [0.15, 0.2) is 17.8 Å². The van der Waals surface area contributed by atoms with E-state index in [-0.39, 0.29) is 0 Å². The average molecular weight is 233 g/mol. The molecular formula is C11H11N3OS. The van der Waals surface area contributed by atoms with E-state index in [1.807, 2.05) is 17.8 Å². The average Bonchev–Trinajstić information content (AvgIpc) is 2.96. The third kappa shape index (κ3) is 1.61. The van der Waals surface area contributed by atoms with Gasteiger partial charge in [0.1, 0.15) is 0 Å². The molecular weight excluding hydrogens is 222 g/mol. The zero-order valence-corrected chi connectivity index (χ0v) is 9.48. The first-order chi connectivity index (χ1) is 7.86. The van der Waals surface area contributed by atoms with Crippen LogP contribution in [0.15, 0.2) is 18.3 Å². The van der Waals surface area contributed by atoms with Gasteiger partial charge in [-0.2, -0.15) is 16.9 Å². The summed E-state index contributed by atoms with van der Waals surface area (Å²) >= 11 is 1.95. The third-order valence-electron chi connectivity index (χ3n) is 2.80. The lowest BCUT2D eigenvalue weighted by atomic mass is 10.1. The number of thioether (sulfide) groups is 1. The van der Waals surface area contributed by atoms with Crippen molar-refractivity contribution >= 4 is 23.7 Å². The van der Waals surface area contributed by atoms with Crippen molar-refractivity contribution in [2.45, 2.75) is 12.3 Å². The van der Waals surface area contributed by atoms with Gasteiger partial charge in [-0.25, -0.2) is 9.50 Å². The Morgan fingerprint density at radius 1 is 1.50 bits per heavy atom. The molecule has 1 saturated heterocycles. The fourth-order valence-corrected chi connectivity index (χ4v) is 3.12. The third-order valence-corrected chi connectivity index (χ3v) is 3.96. The predicted molar refractivity (Wildman–Crippen MR) is 63.1 cm³/mol. The molecule has 2 aromatic heterocycles. The number of hydrogen-bond donors (Lipinski definition) is 0. The Morgan fingerprint density at radius 3 is 3.19 bits per heavy atom.